The number of benzene rings is 1. The molecule has 2 aliphatic heterocycles. The molecule has 0 radical (unpaired) electrons. The molecule has 4 rings (SSSR count). The lowest BCUT2D eigenvalue weighted by molar-refractivity contribution is -0.275. The molecule has 1 N–H and O–H groups in total. The first-order chi connectivity index (χ1) is 15.8. The van der Waals surface area contributed by atoms with Gasteiger partial charge in [-0.15, -0.1) is 13.2 Å². The molecule has 6 nitrogen and oxygen atoms in total. The van der Waals surface area contributed by atoms with Gasteiger partial charge in [-0.2, -0.15) is 0 Å². The number of rotatable bonds is 5. The Bertz CT molecular complexity index is 1030. The molecular formula is C24H26F3N3O3. The fourth-order valence-corrected chi connectivity index (χ4v) is 4.54. The van der Waals surface area contributed by atoms with E-state index in [9.17, 15) is 22.8 Å². The predicted octanol–water partition coefficient (Wildman–Crippen LogP) is 4.59. The number of para-hydroxylation sites is 1. The molecule has 1 aromatic carbocycles. The zero-order valence-electron chi connectivity index (χ0n) is 18.2. The van der Waals surface area contributed by atoms with E-state index in [1.54, 1.807) is 23.2 Å². The summed E-state index contributed by atoms with van der Waals surface area (Å²) >= 11 is 0. The SMILES string of the molecule is O=C1CCc2cc(CCC(=O)N3CCCC(c4ccccc4OC(F)(F)F)CC3)cnc2N1. The topological polar surface area (TPSA) is 71.5 Å². The molecule has 0 bridgehead atoms. The minimum absolute atomic E-state index is 0.0292. The van der Waals surface area contributed by atoms with Crippen molar-refractivity contribution in [2.24, 2.45) is 0 Å². The predicted molar refractivity (Wildman–Crippen MR) is 116 cm³/mol. The number of amides is 2. The second-order valence-electron chi connectivity index (χ2n) is 8.49. The quantitative estimate of drug-likeness (QED) is 0.707. The van der Waals surface area contributed by atoms with Gasteiger partial charge in [0.25, 0.3) is 0 Å². The molecule has 0 saturated carbocycles. The van der Waals surface area contributed by atoms with Gasteiger partial charge in [0.2, 0.25) is 11.8 Å². The van der Waals surface area contributed by atoms with E-state index in [1.165, 1.54) is 12.1 Å². The van der Waals surface area contributed by atoms with Crippen LogP contribution < -0.4 is 10.1 Å². The minimum atomic E-state index is -4.74. The highest BCUT2D eigenvalue weighted by Gasteiger charge is 2.33. The number of carbonyl (C=O) groups excluding carboxylic acids is 2. The maximum absolute atomic E-state index is 12.8. The summed E-state index contributed by atoms with van der Waals surface area (Å²) in [6, 6.07) is 8.25. The van der Waals surface area contributed by atoms with Crippen LogP contribution in [0.2, 0.25) is 0 Å². The Morgan fingerprint density at radius 1 is 1.18 bits per heavy atom. The molecule has 1 fully saturated rings. The largest absolute Gasteiger partial charge is 0.573 e. The lowest BCUT2D eigenvalue weighted by Gasteiger charge is -2.22. The number of nitrogens with one attached hydrogen (secondary N) is 1. The number of carbonyl (C=O) groups is 2. The van der Waals surface area contributed by atoms with Crippen LogP contribution in [0, 0.1) is 0 Å². The summed E-state index contributed by atoms with van der Waals surface area (Å²) < 4.78 is 42.5. The molecule has 1 atom stereocenters. The van der Waals surface area contributed by atoms with Crippen LogP contribution in [-0.4, -0.2) is 41.2 Å². The number of pyridine rings is 1. The smallest absolute Gasteiger partial charge is 0.405 e. The van der Waals surface area contributed by atoms with Gasteiger partial charge in [-0.05, 0) is 60.8 Å². The highest BCUT2D eigenvalue weighted by molar-refractivity contribution is 5.92. The highest BCUT2D eigenvalue weighted by Crippen LogP contribution is 2.36. The molecule has 2 aromatic rings. The van der Waals surface area contributed by atoms with Crippen LogP contribution >= 0.6 is 0 Å². The van der Waals surface area contributed by atoms with Crippen molar-refractivity contribution >= 4 is 17.6 Å². The maximum Gasteiger partial charge on any atom is 0.573 e. The van der Waals surface area contributed by atoms with E-state index in [4.69, 9.17) is 0 Å². The van der Waals surface area contributed by atoms with Gasteiger partial charge in [0.15, 0.2) is 0 Å². The third-order valence-electron chi connectivity index (χ3n) is 6.20. The Hall–Kier alpha value is -3.10. The first kappa shape index (κ1) is 23.1. The van der Waals surface area contributed by atoms with Gasteiger partial charge in [-0.25, -0.2) is 4.98 Å². The van der Waals surface area contributed by atoms with Crippen LogP contribution in [0.4, 0.5) is 19.0 Å². The number of hydrogen-bond donors (Lipinski definition) is 1. The molecule has 1 unspecified atom stereocenters. The maximum atomic E-state index is 12.8. The van der Waals surface area contributed by atoms with Crippen LogP contribution in [0.5, 0.6) is 5.75 Å². The van der Waals surface area contributed by atoms with Crippen LogP contribution in [0.1, 0.15) is 54.7 Å². The molecule has 33 heavy (non-hydrogen) atoms. The first-order valence-electron chi connectivity index (χ1n) is 11.2. The third kappa shape index (κ3) is 6.03. The lowest BCUT2D eigenvalue weighted by atomic mass is 9.91. The summed E-state index contributed by atoms with van der Waals surface area (Å²) in [6.45, 7) is 1.09. The molecule has 2 aliphatic rings. The standard InChI is InChI=1S/C24H26F3N3O3/c25-24(26,27)33-20-6-2-1-5-19(20)17-4-3-12-30(13-11-17)22(32)10-7-16-14-18-8-9-21(31)29-23(18)28-15-16/h1-2,5-6,14-15,17H,3-4,7-13H2,(H,28,29,31). The van der Waals surface area contributed by atoms with Crippen LogP contribution in [0.3, 0.4) is 0 Å². The highest BCUT2D eigenvalue weighted by atomic mass is 19.4. The number of likely N-dealkylation sites (tertiary alicyclic amines) is 1. The number of fused-ring (bicyclic) bond motifs is 1. The monoisotopic (exact) mass is 461 g/mol. The van der Waals surface area contributed by atoms with Crippen molar-refractivity contribution in [1.82, 2.24) is 9.88 Å². The van der Waals surface area contributed by atoms with Crippen molar-refractivity contribution in [1.29, 1.82) is 0 Å². The molecule has 3 heterocycles. The van der Waals surface area contributed by atoms with Crippen molar-refractivity contribution in [3.63, 3.8) is 0 Å². The lowest BCUT2D eigenvalue weighted by Crippen LogP contribution is -2.32. The molecule has 9 heteroatoms. The first-order valence-corrected chi connectivity index (χ1v) is 11.2. The summed E-state index contributed by atoms with van der Waals surface area (Å²) in [5, 5.41) is 2.75. The van der Waals surface area contributed by atoms with Gasteiger partial charge in [0.05, 0.1) is 0 Å². The Balaban J connectivity index is 1.34. The summed E-state index contributed by atoms with van der Waals surface area (Å²) in [5.74, 6) is 0.327. The summed E-state index contributed by atoms with van der Waals surface area (Å²) in [4.78, 5) is 30.4. The van der Waals surface area contributed by atoms with Crippen molar-refractivity contribution in [3.05, 3.63) is 53.2 Å². The van der Waals surface area contributed by atoms with Crippen LogP contribution in [0.15, 0.2) is 36.5 Å². The average molecular weight is 461 g/mol. The Labute approximate surface area is 190 Å². The fourth-order valence-electron chi connectivity index (χ4n) is 4.54. The second kappa shape index (κ2) is 9.80. The van der Waals surface area contributed by atoms with Gasteiger partial charge in [-0.1, -0.05) is 24.3 Å². The molecule has 176 valence electrons. The molecule has 1 aromatic heterocycles. The van der Waals surface area contributed by atoms with E-state index in [0.29, 0.717) is 63.0 Å². The number of aromatic nitrogens is 1. The summed E-state index contributed by atoms with van der Waals surface area (Å²) in [6.07, 6.45) is 0.920. The van der Waals surface area contributed by atoms with E-state index >= 15 is 0 Å². The van der Waals surface area contributed by atoms with Crippen LogP contribution in [0.25, 0.3) is 0 Å². The zero-order valence-corrected chi connectivity index (χ0v) is 18.2. The number of aryl methyl sites for hydroxylation is 2. The molecule has 0 spiro atoms. The molecule has 1 saturated heterocycles. The second-order valence-corrected chi connectivity index (χ2v) is 8.49. The summed E-state index contributed by atoms with van der Waals surface area (Å²) in [7, 11) is 0. The van der Waals surface area contributed by atoms with Gasteiger partial charge in [-0.3, -0.25) is 9.59 Å². The number of alkyl halides is 3. The number of anilines is 1. The molecule has 2 amide bonds. The summed E-state index contributed by atoms with van der Waals surface area (Å²) in [5.41, 5.74) is 2.47. The Morgan fingerprint density at radius 2 is 2.00 bits per heavy atom. The minimum Gasteiger partial charge on any atom is -0.405 e. The zero-order chi connectivity index (χ0) is 23.4. The van der Waals surface area contributed by atoms with E-state index < -0.39 is 6.36 Å². The number of nitrogens with zero attached hydrogens (tertiary/aromatic N) is 2. The fraction of sp³-hybridized carbons (Fsp3) is 0.458. The van der Waals surface area contributed by atoms with Crippen molar-refractivity contribution < 1.29 is 27.5 Å². The van der Waals surface area contributed by atoms with Crippen LogP contribution in [-0.2, 0) is 22.4 Å². The van der Waals surface area contributed by atoms with E-state index in [1.807, 2.05) is 6.07 Å². The van der Waals surface area contributed by atoms with Crippen molar-refractivity contribution in [2.75, 3.05) is 18.4 Å². The Morgan fingerprint density at radius 3 is 2.82 bits per heavy atom. The molecular weight excluding hydrogens is 435 g/mol. The van der Waals surface area contributed by atoms with Gasteiger partial charge in [0, 0.05) is 32.1 Å². The van der Waals surface area contributed by atoms with Crippen molar-refractivity contribution in [2.45, 2.75) is 57.2 Å². The molecule has 0 aliphatic carbocycles. The number of hydrogen-bond acceptors (Lipinski definition) is 4. The normalized spacial score (nSPS) is 18.8. The van der Waals surface area contributed by atoms with Gasteiger partial charge in [0.1, 0.15) is 11.6 Å². The van der Waals surface area contributed by atoms with Crippen molar-refractivity contribution in [3.8, 4) is 5.75 Å². The number of ether oxygens (including phenoxy) is 1. The third-order valence-corrected chi connectivity index (χ3v) is 6.20. The van der Waals surface area contributed by atoms with E-state index in [2.05, 4.69) is 15.0 Å². The average Bonchev–Trinajstić information content (AvgIpc) is 3.03. The van der Waals surface area contributed by atoms with Gasteiger partial charge >= 0.3 is 6.36 Å². The Kier molecular flexibility index (Phi) is 6.85. The van der Waals surface area contributed by atoms with Gasteiger partial charge < -0.3 is 15.0 Å². The number of halogens is 3. The van der Waals surface area contributed by atoms with E-state index in [0.717, 1.165) is 17.5 Å². The van der Waals surface area contributed by atoms with E-state index in [-0.39, 0.29) is 23.5 Å².